The number of halogens is 1. The fourth-order valence-corrected chi connectivity index (χ4v) is 3.86. The fourth-order valence-electron chi connectivity index (χ4n) is 2.68. The predicted molar refractivity (Wildman–Crippen MR) is 101 cm³/mol. The Morgan fingerprint density at radius 1 is 1.08 bits per heavy atom. The summed E-state index contributed by atoms with van der Waals surface area (Å²) in [4.78, 5) is 12.6. The summed E-state index contributed by atoms with van der Waals surface area (Å²) < 4.78 is 39.3. The normalized spacial score (nSPS) is 13.7. The Kier molecular flexibility index (Phi) is 6.02. The van der Waals surface area contributed by atoms with E-state index in [0.29, 0.717) is 0 Å². The van der Waals surface area contributed by atoms with Crippen LogP contribution in [-0.4, -0.2) is 26.6 Å². The number of aryl methyl sites for hydroxylation is 1. The van der Waals surface area contributed by atoms with Gasteiger partial charge in [0.15, 0.2) is 0 Å². The third kappa shape index (κ3) is 4.60. The highest BCUT2D eigenvalue weighted by atomic mass is 32.2. The Hall–Kier alpha value is -2.41. The van der Waals surface area contributed by atoms with Crippen molar-refractivity contribution >= 4 is 21.6 Å². The average Bonchev–Trinajstić information content (AvgIpc) is 2.56. The molecule has 2 aromatic carbocycles. The number of anilines is 1. The summed E-state index contributed by atoms with van der Waals surface area (Å²) >= 11 is 0. The van der Waals surface area contributed by atoms with E-state index in [1.807, 2.05) is 38.1 Å². The van der Waals surface area contributed by atoms with Gasteiger partial charge in [-0.05, 0) is 38.5 Å². The third-order valence-corrected chi connectivity index (χ3v) is 5.34. The molecule has 2 rings (SSSR count). The van der Waals surface area contributed by atoms with Crippen molar-refractivity contribution in [3.05, 3.63) is 65.5 Å². The lowest BCUT2D eigenvalue weighted by Gasteiger charge is -2.29. The Balaban J connectivity index is 2.25. The number of nitrogens with zero attached hydrogens (tertiary/aromatic N) is 1. The molecule has 1 N–H and O–H groups in total. The van der Waals surface area contributed by atoms with Crippen molar-refractivity contribution in [2.24, 2.45) is 0 Å². The number of sulfonamides is 1. The molecule has 1 amide bonds. The van der Waals surface area contributed by atoms with Crippen molar-refractivity contribution < 1.29 is 17.6 Å². The van der Waals surface area contributed by atoms with E-state index in [9.17, 15) is 17.6 Å². The van der Waals surface area contributed by atoms with Gasteiger partial charge in [-0.1, -0.05) is 42.0 Å². The molecule has 0 aliphatic carbocycles. The van der Waals surface area contributed by atoms with Crippen LogP contribution in [0.1, 0.15) is 31.0 Å². The number of nitrogens with one attached hydrogen (secondary N) is 1. The lowest BCUT2D eigenvalue weighted by molar-refractivity contribution is -0.122. The van der Waals surface area contributed by atoms with Gasteiger partial charge in [0.1, 0.15) is 11.9 Å². The van der Waals surface area contributed by atoms with E-state index in [0.717, 1.165) is 27.8 Å². The number of carbonyl (C=O) groups is 1. The standard InChI is InChI=1S/C19H23FN2O3S/c1-13-9-11-16(12-10-13)14(2)21-19(23)15(3)22(26(4,24)25)18-8-6-5-7-17(18)20/h5-12,14-15H,1-4H3,(H,21,23). The smallest absolute Gasteiger partial charge is 0.244 e. The van der Waals surface area contributed by atoms with Gasteiger partial charge < -0.3 is 5.32 Å². The number of amides is 1. The van der Waals surface area contributed by atoms with E-state index >= 15 is 0 Å². The summed E-state index contributed by atoms with van der Waals surface area (Å²) in [5.41, 5.74) is 1.84. The van der Waals surface area contributed by atoms with Gasteiger partial charge in [0.2, 0.25) is 15.9 Å². The Morgan fingerprint density at radius 2 is 1.65 bits per heavy atom. The van der Waals surface area contributed by atoms with Gasteiger partial charge in [0.25, 0.3) is 0 Å². The molecule has 0 aliphatic rings. The lowest BCUT2D eigenvalue weighted by atomic mass is 10.1. The molecule has 0 fully saturated rings. The number of benzene rings is 2. The summed E-state index contributed by atoms with van der Waals surface area (Å²) in [6.07, 6.45) is 0.951. The van der Waals surface area contributed by atoms with Crippen LogP contribution in [0.2, 0.25) is 0 Å². The van der Waals surface area contributed by atoms with Gasteiger partial charge in [0, 0.05) is 0 Å². The first-order valence-electron chi connectivity index (χ1n) is 8.22. The highest BCUT2D eigenvalue weighted by Gasteiger charge is 2.31. The highest BCUT2D eigenvalue weighted by Crippen LogP contribution is 2.24. The van der Waals surface area contributed by atoms with Crippen molar-refractivity contribution in [3.63, 3.8) is 0 Å². The van der Waals surface area contributed by atoms with Gasteiger partial charge in [-0.15, -0.1) is 0 Å². The van der Waals surface area contributed by atoms with Gasteiger partial charge in [-0.25, -0.2) is 12.8 Å². The molecule has 0 spiro atoms. The largest absolute Gasteiger partial charge is 0.348 e. The first-order chi connectivity index (χ1) is 12.1. The number of para-hydroxylation sites is 1. The molecule has 0 heterocycles. The Labute approximate surface area is 153 Å². The van der Waals surface area contributed by atoms with Gasteiger partial charge in [-0.2, -0.15) is 0 Å². The van der Waals surface area contributed by atoms with Crippen LogP contribution in [-0.2, 0) is 14.8 Å². The minimum atomic E-state index is -3.86. The molecule has 0 aromatic heterocycles. The van der Waals surface area contributed by atoms with Crippen molar-refractivity contribution in [2.75, 3.05) is 10.6 Å². The van der Waals surface area contributed by atoms with Gasteiger partial charge in [0.05, 0.1) is 18.0 Å². The van der Waals surface area contributed by atoms with Crippen LogP contribution in [0.25, 0.3) is 0 Å². The maximum Gasteiger partial charge on any atom is 0.244 e. The molecular formula is C19H23FN2O3S. The van der Waals surface area contributed by atoms with E-state index in [2.05, 4.69) is 5.32 Å². The van der Waals surface area contributed by atoms with Crippen molar-refractivity contribution in [2.45, 2.75) is 32.9 Å². The molecular weight excluding hydrogens is 355 g/mol. The van der Waals surface area contributed by atoms with Gasteiger partial charge >= 0.3 is 0 Å². The van der Waals surface area contributed by atoms with E-state index < -0.39 is 27.8 Å². The maximum absolute atomic E-state index is 14.1. The molecule has 7 heteroatoms. The molecule has 2 aromatic rings. The second kappa shape index (κ2) is 7.86. The fraction of sp³-hybridized carbons (Fsp3) is 0.316. The molecule has 26 heavy (non-hydrogen) atoms. The van der Waals surface area contributed by atoms with Gasteiger partial charge in [-0.3, -0.25) is 9.10 Å². The van der Waals surface area contributed by atoms with E-state index in [1.54, 1.807) is 0 Å². The number of carbonyl (C=O) groups excluding carboxylic acids is 1. The molecule has 2 atom stereocenters. The zero-order valence-corrected chi connectivity index (χ0v) is 16.0. The quantitative estimate of drug-likeness (QED) is 0.840. The second-order valence-corrected chi connectivity index (χ2v) is 8.19. The lowest BCUT2D eigenvalue weighted by Crippen LogP contribution is -2.48. The summed E-state index contributed by atoms with van der Waals surface area (Å²) in [6, 6.07) is 11.7. The van der Waals surface area contributed by atoms with Crippen LogP contribution in [0.3, 0.4) is 0 Å². The van der Waals surface area contributed by atoms with E-state index in [4.69, 9.17) is 0 Å². The molecule has 140 valence electrons. The zero-order valence-electron chi connectivity index (χ0n) is 15.2. The van der Waals surface area contributed by atoms with Crippen molar-refractivity contribution in [1.82, 2.24) is 5.32 Å². The Bertz CT molecular complexity index is 882. The number of hydrogen-bond acceptors (Lipinski definition) is 3. The SMILES string of the molecule is Cc1ccc(C(C)NC(=O)C(C)N(c2ccccc2F)S(C)(=O)=O)cc1. The third-order valence-electron chi connectivity index (χ3n) is 4.11. The second-order valence-electron chi connectivity index (χ2n) is 6.33. The summed E-state index contributed by atoms with van der Waals surface area (Å²) in [5.74, 6) is -1.21. The van der Waals surface area contributed by atoms with Crippen LogP contribution in [0, 0.1) is 12.7 Å². The summed E-state index contributed by atoms with van der Waals surface area (Å²) in [5, 5.41) is 2.79. The molecule has 0 saturated carbocycles. The van der Waals surface area contributed by atoms with E-state index in [1.165, 1.54) is 25.1 Å². The highest BCUT2D eigenvalue weighted by molar-refractivity contribution is 7.92. The van der Waals surface area contributed by atoms with Crippen LogP contribution < -0.4 is 9.62 Å². The topological polar surface area (TPSA) is 66.5 Å². The van der Waals surface area contributed by atoms with Crippen LogP contribution >= 0.6 is 0 Å². The minimum absolute atomic E-state index is 0.152. The molecule has 0 aliphatic heterocycles. The van der Waals surface area contributed by atoms with Crippen LogP contribution in [0.4, 0.5) is 10.1 Å². The first kappa shape index (κ1) is 19.9. The number of rotatable bonds is 6. The molecule has 2 unspecified atom stereocenters. The summed E-state index contributed by atoms with van der Waals surface area (Å²) in [6.45, 7) is 5.21. The summed E-state index contributed by atoms with van der Waals surface area (Å²) in [7, 11) is -3.86. The van der Waals surface area contributed by atoms with Crippen LogP contribution in [0.5, 0.6) is 0 Å². The maximum atomic E-state index is 14.1. The monoisotopic (exact) mass is 378 g/mol. The Morgan fingerprint density at radius 3 is 2.19 bits per heavy atom. The molecule has 5 nitrogen and oxygen atoms in total. The van der Waals surface area contributed by atoms with Crippen LogP contribution in [0.15, 0.2) is 48.5 Å². The molecule has 0 bridgehead atoms. The van der Waals surface area contributed by atoms with E-state index in [-0.39, 0.29) is 11.7 Å². The zero-order chi connectivity index (χ0) is 19.5. The average molecular weight is 378 g/mol. The van der Waals surface area contributed by atoms with Crippen molar-refractivity contribution in [1.29, 1.82) is 0 Å². The number of hydrogen-bond donors (Lipinski definition) is 1. The van der Waals surface area contributed by atoms with Crippen molar-refractivity contribution in [3.8, 4) is 0 Å². The first-order valence-corrected chi connectivity index (χ1v) is 10.1. The minimum Gasteiger partial charge on any atom is -0.348 e. The molecule has 0 saturated heterocycles. The molecule has 0 radical (unpaired) electrons. The predicted octanol–water partition coefficient (Wildman–Crippen LogP) is 3.17.